The second-order valence-corrected chi connectivity index (χ2v) is 3.72. The molecule has 1 heterocycles. The van der Waals surface area contributed by atoms with Crippen LogP contribution in [-0.4, -0.2) is 24.3 Å². The van der Waals surface area contributed by atoms with Crippen LogP contribution in [0.1, 0.15) is 44.9 Å². The molecule has 72 valence electrons. The molecule has 1 rings (SSSR count). The van der Waals surface area contributed by atoms with Gasteiger partial charge in [0.2, 0.25) is 0 Å². The summed E-state index contributed by atoms with van der Waals surface area (Å²) in [6.45, 7) is 1.57. The highest BCUT2D eigenvalue weighted by atomic mass is 16.2. The number of hydrogen-bond donors (Lipinski definition) is 2. The SMILES string of the molecule is OCCCCCC1CCCCN1. The largest absolute Gasteiger partial charge is 0.396 e. The quantitative estimate of drug-likeness (QED) is 0.617. The third kappa shape index (κ3) is 4.07. The Hall–Kier alpha value is -0.0800. The van der Waals surface area contributed by atoms with Gasteiger partial charge in [-0.05, 0) is 32.2 Å². The van der Waals surface area contributed by atoms with E-state index in [9.17, 15) is 0 Å². The fourth-order valence-electron chi connectivity index (χ4n) is 1.85. The standard InChI is InChI=1S/C10H21NO/c12-9-5-1-2-6-10-7-3-4-8-11-10/h10-12H,1-9H2. The number of unbranched alkanes of at least 4 members (excludes halogenated alkanes) is 2. The second kappa shape index (κ2) is 6.44. The van der Waals surface area contributed by atoms with Gasteiger partial charge in [-0.15, -0.1) is 0 Å². The summed E-state index contributed by atoms with van der Waals surface area (Å²) >= 11 is 0. The minimum absolute atomic E-state index is 0.359. The van der Waals surface area contributed by atoms with Crippen LogP contribution in [0.3, 0.4) is 0 Å². The van der Waals surface area contributed by atoms with Gasteiger partial charge in [0.05, 0.1) is 0 Å². The molecule has 0 amide bonds. The highest BCUT2D eigenvalue weighted by Crippen LogP contribution is 2.13. The summed E-state index contributed by atoms with van der Waals surface area (Å²) < 4.78 is 0. The van der Waals surface area contributed by atoms with Crippen LogP contribution in [0.15, 0.2) is 0 Å². The van der Waals surface area contributed by atoms with E-state index in [0.29, 0.717) is 6.61 Å². The van der Waals surface area contributed by atoms with Gasteiger partial charge >= 0.3 is 0 Å². The Morgan fingerprint density at radius 1 is 1.17 bits per heavy atom. The van der Waals surface area contributed by atoms with Crippen LogP contribution in [-0.2, 0) is 0 Å². The maximum atomic E-state index is 8.59. The first-order chi connectivity index (χ1) is 5.93. The number of aliphatic hydroxyl groups is 1. The van der Waals surface area contributed by atoms with E-state index in [1.807, 2.05) is 0 Å². The molecule has 1 unspecified atom stereocenters. The number of nitrogens with one attached hydrogen (secondary N) is 1. The van der Waals surface area contributed by atoms with Crippen molar-refractivity contribution in [2.75, 3.05) is 13.2 Å². The van der Waals surface area contributed by atoms with Crippen molar-refractivity contribution >= 4 is 0 Å². The summed E-state index contributed by atoms with van der Waals surface area (Å²) in [5.41, 5.74) is 0. The van der Waals surface area contributed by atoms with E-state index in [-0.39, 0.29) is 0 Å². The predicted octanol–water partition coefficient (Wildman–Crippen LogP) is 1.68. The fourth-order valence-corrected chi connectivity index (χ4v) is 1.85. The Labute approximate surface area is 75.4 Å². The van der Waals surface area contributed by atoms with Gasteiger partial charge < -0.3 is 10.4 Å². The van der Waals surface area contributed by atoms with Gasteiger partial charge in [-0.1, -0.05) is 19.3 Å². The van der Waals surface area contributed by atoms with Gasteiger partial charge in [-0.2, -0.15) is 0 Å². The summed E-state index contributed by atoms with van der Waals surface area (Å²) in [7, 11) is 0. The fraction of sp³-hybridized carbons (Fsp3) is 1.00. The Morgan fingerprint density at radius 3 is 2.75 bits per heavy atom. The number of piperidine rings is 1. The summed E-state index contributed by atoms with van der Waals surface area (Å²) in [5.74, 6) is 0. The minimum Gasteiger partial charge on any atom is -0.396 e. The van der Waals surface area contributed by atoms with E-state index in [1.54, 1.807) is 0 Å². The minimum atomic E-state index is 0.359. The molecule has 12 heavy (non-hydrogen) atoms. The maximum absolute atomic E-state index is 8.59. The van der Waals surface area contributed by atoms with Crippen LogP contribution >= 0.6 is 0 Å². The molecule has 0 radical (unpaired) electrons. The molecule has 0 spiro atoms. The predicted molar refractivity (Wildman–Crippen MR) is 51.2 cm³/mol. The third-order valence-electron chi connectivity index (χ3n) is 2.62. The molecule has 0 aromatic heterocycles. The van der Waals surface area contributed by atoms with Gasteiger partial charge in [-0.25, -0.2) is 0 Å². The van der Waals surface area contributed by atoms with Crippen molar-refractivity contribution in [3.05, 3.63) is 0 Å². The Kier molecular flexibility index (Phi) is 5.37. The first kappa shape index (κ1) is 10.0. The van der Waals surface area contributed by atoms with Crippen LogP contribution in [0, 0.1) is 0 Å². The zero-order valence-electron chi connectivity index (χ0n) is 7.89. The highest BCUT2D eigenvalue weighted by Gasteiger charge is 2.10. The van der Waals surface area contributed by atoms with Gasteiger partial charge in [0, 0.05) is 12.6 Å². The smallest absolute Gasteiger partial charge is 0.0431 e. The van der Waals surface area contributed by atoms with Crippen molar-refractivity contribution < 1.29 is 5.11 Å². The molecule has 0 aliphatic carbocycles. The first-order valence-corrected chi connectivity index (χ1v) is 5.27. The average molecular weight is 171 g/mol. The normalized spacial score (nSPS) is 24.2. The van der Waals surface area contributed by atoms with Gasteiger partial charge in [0.15, 0.2) is 0 Å². The Bertz CT molecular complexity index is 100. The highest BCUT2D eigenvalue weighted by molar-refractivity contribution is 4.71. The molecule has 0 aromatic carbocycles. The molecular weight excluding hydrogens is 150 g/mol. The van der Waals surface area contributed by atoms with E-state index in [1.165, 1.54) is 45.1 Å². The monoisotopic (exact) mass is 171 g/mol. The van der Waals surface area contributed by atoms with Crippen LogP contribution < -0.4 is 5.32 Å². The number of rotatable bonds is 5. The summed E-state index contributed by atoms with van der Waals surface area (Å²) in [4.78, 5) is 0. The topological polar surface area (TPSA) is 32.3 Å². The lowest BCUT2D eigenvalue weighted by Crippen LogP contribution is -2.33. The zero-order valence-corrected chi connectivity index (χ0v) is 7.89. The van der Waals surface area contributed by atoms with Crippen LogP contribution in [0.2, 0.25) is 0 Å². The van der Waals surface area contributed by atoms with E-state index in [2.05, 4.69) is 5.32 Å². The molecular formula is C10H21NO. The summed E-state index contributed by atoms with van der Waals surface area (Å²) in [6, 6.07) is 0.775. The van der Waals surface area contributed by atoms with Crippen molar-refractivity contribution in [3.63, 3.8) is 0 Å². The van der Waals surface area contributed by atoms with Crippen LogP contribution in [0.25, 0.3) is 0 Å². The molecule has 2 heteroatoms. The van der Waals surface area contributed by atoms with Crippen LogP contribution in [0.5, 0.6) is 0 Å². The molecule has 2 nitrogen and oxygen atoms in total. The zero-order chi connectivity index (χ0) is 8.65. The van der Waals surface area contributed by atoms with Crippen molar-refractivity contribution in [2.24, 2.45) is 0 Å². The summed E-state index contributed by atoms with van der Waals surface area (Å²) in [5, 5.41) is 12.1. The van der Waals surface area contributed by atoms with Crippen molar-refractivity contribution in [2.45, 2.75) is 51.0 Å². The van der Waals surface area contributed by atoms with E-state index >= 15 is 0 Å². The maximum Gasteiger partial charge on any atom is 0.0431 e. The Morgan fingerprint density at radius 2 is 2.08 bits per heavy atom. The first-order valence-electron chi connectivity index (χ1n) is 5.27. The third-order valence-corrected chi connectivity index (χ3v) is 2.62. The number of hydrogen-bond acceptors (Lipinski definition) is 2. The second-order valence-electron chi connectivity index (χ2n) is 3.72. The van der Waals surface area contributed by atoms with Crippen molar-refractivity contribution in [1.82, 2.24) is 5.32 Å². The Balaban J connectivity index is 1.91. The van der Waals surface area contributed by atoms with Crippen molar-refractivity contribution in [3.8, 4) is 0 Å². The van der Waals surface area contributed by atoms with Crippen molar-refractivity contribution in [1.29, 1.82) is 0 Å². The van der Waals surface area contributed by atoms with Gasteiger partial charge in [0.25, 0.3) is 0 Å². The summed E-state index contributed by atoms with van der Waals surface area (Å²) in [6.07, 6.45) is 8.86. The average Bonchev–Trinajstić information content (AvgIpc) is 2.14. The van der Waals surface area contributed by atoms with Gasteiger partial charge in [0.1, 0.15) is 0 Å². The molecule has 0 aromatic rings. The number of aliphatic hydroxyl groups excluding tert-OH is 1. The molecule has 1 aliphatic rings. The van der Waals surface area contributed by atoms with E-state index in [0.717, 1.165) is 12.5 Å². The molecule has 2 N–H and O–H groups in total. The molecule has 1 saturated heterocycles. The van der Waals surface area contributed by atoms with E-state index in [4.69, 9.17) is 5.11 Å². The molecule has 1 aliphatic heterocycles. The molecule has 1 fully saturated rings. The molecule has 0 saturated carbocycles. The lowest BCUT2D eigenvalue weighted by Gasteiger charge is -2.23. The van der Waals surface area contributed by atoms with Gasteiger partial charge in [-0.3, -0.25) is 0 Å². The lowest BCUT2D eigenvalue weighted by atomic mass is 9.99. The molecule has 1 atom stereocenters. The van der Waals surface area contributed by atoms with Crippen LogP contribution in [0.4, 0.5) is 0 Å². The lowest BCUT2D eigenvalue weighted by molar-refractivity contribution is 0.279. The van der Waals surface area contributed by atoms with E-state index < -0.39 is 0 Å². The molecule has 0 bridgehead atoms.